The van der Waals surface area contributed by atoms with E-state index >= 15 is 0 Å². The molecule has 1 saturated heterocycles. The predicted molar refractivity (Wildman–Crippen MR) is 244 cm³/mol. The number of aromatic hydroxyl groups is 17. The molecule has 0 unspecified atom stereocenters. The summed E-state index contributed by atoms with van der Waals surface area (Å²) in [4.78, 5) is 82.9. The summed E-state index contributed by atoms with van der Waals surface area (Å²) >= 11 is 0. The molecular weight excluding hydrogens is 1060 g/mol. The summed E-state index contributed by atoms with van der Waals surface area (Å²) in [5, 5.41) is 172. The van der Waals surface area contributed by atoms with Crippen LogP contribution in [-0.2, 0) is 28.4 Å². The molecule has 5 atom stereocenters. The highest BCUT2D eigenvalue weighted by molar-refractivity contribution is 5.96. The molecule has 1 aliphatic heterocycles. The van der Waals surface area contributed by atoms with Crippen LogP contribution in [0.3, 0.4) is 0 Å². The second-order valence-corrected chi connectivity index (χ2v) is 16.2. The monoisotopic (exact) mass is 1090 g/mol. The highest BCUT2D eigenvalue weighted by Gasteiger charge is 2.55. The van der Waals surface area contributed by atoms with E-state index in [-0.39, 0.29) is 0 Å². The molecule has 0 amide bonds. The zero-order valence-corrected chi connectivity index (χ0v) is 38.4. The van der Waals surface area contributed by atoms with Crippen molar-refractivity contribution < 1.29 is 149 Å². The van der Waals surface area contributed by atoms with Gasteiger partial charge in [-0.05, 0) is 72.8 Å². The fourth-order valence-corrected chi connectivity index (χ4v) is 7.06. The molecule has 0 aromatic heterocycles. The lowest BCUT2D eigenvalue weighted by atomic mass is 9.97. The molecule has 0 saturated carbocycles. The van der Waals surface area contributed by atoms with Crippen molar-refractivity contribution in [2.24, 2.45) is 0 Å². The molecular formula is C48H36O30. The summed E-state index contributed by atoms with van der Waals surface area (Å²) in [6, 6.07) is 6.35. The van der Waals surface area contributed by atoms with Crippen LogP contribution < -0.4 is 4.74 Å². The number of ether oxygens (including phenoxy) is 7. The molecule has 0 bridgehead atoms. The maximum absolute atomic E-state index is 14.4. The lowest BCUT2D eigenvalue weighted by Gasteiger charge is -2.43. The van der Waals surface area contributed by atoms with Crippen molar-refractivity contribution in [3.8, 4) is 103 Å². The Hall–Kier alpha value is -11.3. The lowest BCUT2D eigenvalue weighted by molar-refractivity contribution is -0.282. The van der Waals surface area contributed by atoms with Gasteiger partial charge in [0, 0.05) is 0 Å². The minimum Gasteiger partial charge on any atom is -0.504 e. The first-order valence-corrected chi connectivity index (χ1v) is 21.3. The Morgan fingerprint density at radius 3 is 0.949 bits per heavy atom. The number of esters is 6. The molecule has 0 aliphatic carbocycles. The number of hydrogen-bond acceptors (Lipinski definition) is 30. The zero-order chi connectivity index (χ0) is 57.3. The molecule has 0 spiro atoms. The first-order valence-electron chi connectivity index (χ1n) is 21.3. The summed E-state index contributed by atoms with van der Waals surface area (Å²) in [7, 11) is 0. The third kappa shape index (κ3) is 11.1. The van der Waals surface area contributed by atoms with Crippen LogP contribution in [0.1, 0.15) is 62.1 Å². The van der Waals surface area contributed by atoms with Crippen LogP contribution >= 0.6 is 0 Å². The SMILES string of the molecule is O=C(OC[C@H]1O[C@@H](OC(=O)c2cc(O)c(O)c(O)c2)[C@H](OC(=O)c2cc(O)c(O)c(OC(=O)c3cc(O)c(O)c(O)c3)c2)[C@@H](OC(=O)c2cc(O)c(O)c(O)c2)[C@@H]1OC(=O)c1cc(O)c(O)c(O)c1)c1cc(O)c(O)c(O)c1. The van der Waals surface area contributed by atoms with Gasteiger partial charge in [0.05, 0.1) is 33.4 Å². The van der Waals surface area contributed by atoms with Crippen molar-refractivity contribution in [2.45, 2.75) is 30.7 Å². The Kier molecular flexibility index (Phi) is 14.9. The van der Waals surface area contributed by atoms with Crippen LogP contribution in [0.4, 0.5) is 0 Å². The molecule has 30 heteroatoms. The van der Waals surface area contributed by atoms with E-state index in [4.69, 9.17) is 33.2 Å². The molecule has 408 valence electrons. The quantitative estimate of drug-likeness (QED) is 0.0341. The van der Waals surface area contributed by atoms with Crippen LogP contribution in [0, 0.1) is 0 Å². The number of hydrogen-bond donors (Lipinski definition) is 17. The minimum atomic E-state index is -2.69. The summed E-state index contributed by atoms with van der Waals surface area (Å²) in [6.07, 6.45) is -12.8. The van der Waals surface area contributed by atoms with Crippen LogP contribution in [-0.4, -0.2) is 160 Å². The lowest BCUT2D eigenvalue weighted by Crippen LogP contribution is -2.63. The van der Waals surface area contributed by atoms with Gasteiger partial charge in [-0.25, -0.2) is 28.8 Å². The summed E-state index contributed by atoms with van der Waals surface area (Å²) in [5.74, 6) is -30.3. The Bertz CT molecular complexity index is 3340. The highest BCUT2D eigenvalue weighted by atomic mass is 16.7. The molecule has 30 nitrogen and oxygen atoms in total. The van der Waals surface area contributed by atoms with E-state index in [0.29, 0.717) is 72.8 Å². The average Bonchev–Trinajstić information content (AvgIpc) is 3.40. The second-order valence-electron chi connectivity index (χ2n) is 16.2. The van der Waals surface area contributed by atoms with Gasteiger partial charge in [0.2, 0.25) is 18.1 Å². The molecule has 6 aromatic rings. The van der Waals surface area contributed by atoms with E-state index < -0.39 is 210 Å². The Labute approximate surface area is 430 Å². The minimum absolute atomic E-state index is 0.450. The van der Waals surface area contributed by atoms with Gasteiger partial charge in [-0.15, -0.1) is 0 Å². The van der Waals surface area contributed by atoms with Crippen molar-refractivity contribution in [2.75, 3.05) is 6.61 Å². The van der Waals surface area contributed by atoms with Crippen LogP contribution in [0.5, 0.6) is 103 Å². The van der Waals surface area contributed by atoms with E-state index in [1.54, 1.807) is 0 Å². The molecule has 7 rings (SSSR count). The number of phenols is 17. The molecule has 1 fully saturated rings. The smallest absolute Gasteiger partial charge is 0.343 e. The fraction of sp³-hybridized carbons (Fsp3) is 0.125. The van der Waals surface area contributed by atoms with Gasteiger partial charge >= 0.3 is 35.8 Å². The number of carbonyl (C=O) groups is 6. The topological polar surface area (TPSA) is 511 Å². The number of phenolic OH excluding ortho intramolecular Hbond substituents is 17. The number of benzene rings is 6. The van der Waals surface area contributed by atoms with E-state index in [0.717, 1.165) is 0 Å². The van der Waals surface area contributed by atoms with E-state index in [1.165, 1.54) is 0 Å². The van der Waals surface area contributed by atoms with E-state index in [9.17, 15) is 116 Å². The van der Waals surface area contributed by atoms with Crippen molar-refractivity contribution in [3.05, 3.63) is 106 Å². The molecule has 1 heterocycles. The van der Waals surface area contributed by atoms with Crippen molar-refractivity contribution in [1.29, 1.82) is 0 Å². The van der Waals surface area contributed by atoms with Gasteiger partial charge in [0.15, 0.2) is 110 Å². The van der Waals surface area contributed by atoms with Crippen LogP contribution in [0.15, 0.2) is 72.8 Å². The number of carbonyl (C=O) groups excluding carboxylic acids is 6. The summed E-state index contributed by atoms with van der Waals surface area (Å²) in [5.41, 5.74) is -4.96. The second kappa shape index (κ2) is 21.3. The zero-order valence-electron chi connectivity index (χ0n) is 38.4. The third-order valence-corrected chi connectivity index (χ3v) is 10.9. The Morgan fingerprint density at radius 2 is 0.590 bits per heavy atom. The van der Waals surface area contributed by atoms with Gasteiger partial charge in [0.1, 0.15) is 12.7 Å². The largest absolute Gasteiger partial charge is 0.504 e. The fourth-order valence-electron chi connectivity index (χ4n) is 7.06. The number of rotatable bonds is 13. The summed E-state index contributed by atoms with van der Waals surface area (Å²) < 4.78 is 38.6. The van der Waals surface area contributed by atoms with Crippen LogP contribution in [0.25, 0.3) is 0 Å². The van der Waals surface area contributed by atoms with E-state index in [1.807, 2.05) is 0 Å². The first-order chi connectivity index (χ1) is 36.6. The van der Waals surface area contributed by atoms with Crippen molar-refractivity contribution >= 4 is 35.8 Å². The molecule has 6 aromatic carbocycles. The maximum Gasteiger partial charge on any atom is 0.343 e. The Morgan fingerprint density at radius 1 is 0.321 bits per heavy atom. The van der Waals surface area contributed by atoms with Gasteiger partial charge in [-0.1, -0.05) is 0 Å². The first kappa shape index (κ1) is 54.5. The molecule has 17 N–H and O–H groups in total. The maximum atomic E-state index is 14.4. The van der Waals surface area contributed by atoms with Gasteiger partial charge in [-0.2, -0.15) is 0 Å². The van der Waals surface area contributed by atoms with Gasteiger partial charge < -0.3 is 120 Å². The normalized spacial score (nSPS) is 16.7. The van der Waals surface area contributed by atoms with E-state index in [2.05, 4.69) is 0 Å². The highest BCUT2D eigenvalue weighted by Crippen LogP contribution is 2.43. The molecule has 0 radical (unpaired) electrons. The predicted octanol–water partition coefficient (Wildman–Crippen LogP) is 2.32. The molecule has 1 aliphatic rings. The standard InChI is InChI=1S/C48H36O30/c49-20-1-14(2-21(50)33(20)60)42(66)72-13-32-39(75-44(68)16-5-24(53)35(62)25(54)6-16)40(76-45(69)17-7-26(55)36(63)27(56)8-17)41(48(74-32)78-47(71)18-9-28(57)37(64)29(58)10-18)77-46(70)19-11-30(59)38(65)31(12-19)73-43(67)15-3-22(51)34(61)23(52)4-15/h1-12,32,39-41,48-65H,13H2/t32-,39-,40+,41-,48+/m1/s1. The van der Waals surface area contributed by atoms with Crippen LogP contribution in [0.2, 0.25) is 0 Å². The average molecular weight is 1090 g/mol. The van der Waals surface area contributed by atoms with Crippen molar-refractivity contribution in [3.63, 3.8) is 0 Å². The summed E-state index contributed by atoms with van der Waals surface area (Å²) in [6.45, 7) is -1.33. The van der Waals surface area contributed by atoms with Gasteiger partial charge in [0.25, 0.3) is 0 Å². The van der Waals surface area contributed by atoms with Gasteiger partial charge in [-0.3, -0.25) is 0 Å². The Balaban J connectivity index is 1.38. The molecule has 78 heavy (non-hydrogen) atoms. The van der Waals surface area contributed by atoms with Crippen molar-refractivity contribution in [1.82, 2.24) is 0 Å². The third-order valence-electron chi connectivity index (χ3n) is 10.9.